The summed E-state index contributed by atoms with van der Waals surface area (Å²) in [4.78, 5) is 14.3. The summed E-state index contributed by atoms with van der Waals surface area (Å²) in [5.74, 6) is -2.14. The van der Waals surface area contributed by atoms with E-state index in [1.807, 2.05) is 0 Å². The maximum absolute atomic E-state index is 12.6. The largest absolute Gasteiger partial charge is 0.480 e. The molecule has 0 aliphatic rings. The Morgan fingerprint density at radius 3 is 2.47 bits per heavy atom. The lowest BCUT2D eigenvalue weighted by Gasteiger charge is -2.27. The summed E-state index contributed by atoms with van der Waals surface area (Å²) < 4.78 is 37.8. The minimum Gasteiger partial charge on any atom is -0.480 e. The van der Waals surface area contributed by atoms with Crippen LogP contribution in [0.3, 0.4) is 0 Å². The van der Waals surface area contributed by atoms with Crippen molar-refractivity contribution in [3.8, 4) is 0 Å². The summed E-state index contributed by atoms with van der Waals surface area (Å²) in [6.45, 7) is 0. The number of hydrogen-bond acceptors (Lipinski definition) is 4. The Labute approximate surface area is 94.2 Å². The zero-order valence-corrected chi connectivity index (χ0v) is 8.53. The van der Waals surface area contributed by atoms with Crippen LogP contribution in [0.4, 0.5) is 19.0 Å². The van der Waals surface area contributed by atoms with E-state index < -0.39 is 24.1 Å². The van der Waals surface area contributed by atoms with Crippen molar-refractivity contribution in [2.45, 2.75) is 18.1 Å². The van der Waals surface area contributed by atoms with Crippen molar-refractivity contribution < 1.29 is 23.1 Å². The Morgan fingerprint density at radius 1 is 1.47 bits per heavy atom. The number of aliphatic carboxylic acids is 1. The van der Waals surface area contributed by atoms with Crippen LogP contribution in [-0.2, 0) is 11.2 Å². The molecule has 0 radical (unpaired) electrons. The van der Waals surface area contributed by atoms with Crippen molar-refractivity contribution in [2.75, 3.05) is 5.73 Å². The number of rotatable bonds is 3. The molecule has 1 aromatic heterocycles. The van der Waals surface area contributed by atoms with Gasteiger partial charge in [-0.25, -0.2) is 9.78 Å². The van der Waals surface area contributed by atoms with Crippen LogP contribution in [0.1, 0.15) is 5.56 Å². The molecule has 5 N–H and O–H groups in total. The minimum absolute atomic E-state index is 0.00240. The molecule has 1 heterocycles. The standard InChI is InChI=1S/C9H10F3N3O2/c10-9(11,12)8(14,7(16)17)4-5-1-2-15-6(13)3-5/h1-3H,4,14H2,(H2,13,15)(H,16,17). The molecule has 0 saturated heterocycles. The topological polar surface area (TPSA) is 102 Å². The monoisotopic (exact) mass is 249 g/mol. The molecule has 5 nitrogen and oxygen atoms in total. The SMILES string of the molecule is Nc1cc(CC(N)(C(=O)O)C(F)(F)F)ccn1. The predicted molar refractivity (Wildman–Crippen MR) is 53.0 cm³/mol. The Morgan fingerprint density at radius 2 is 2.06 bits per heavy atom. The van der Waals surface area contributed by atoms with Crippen LogP contribution in [0.15, 0.2) is 18.3 Å². The second-order valence-corrected chi connectivity index (χ2v) is 3.54. The number of anilines is 1. The molecule has 1 aromatic rings. The highest BCUT2D eigenvalue weighted by molar-refractivity contribution is 5.80. The fourth-order valence-electron chi connectivity index (χ4n) is 1.22. The van der Waals surface area contributed by atoms with Gasteiger partial charge < -0.3 is 16.6 Å². The molecule has 0 amide bonds. The van der Waals surface area contributed by atoms with Crippen LogP contribution >= 0.6 is 0 Å². The van der Waals surface area contributed by atoms with Gasteiger partial charge in [0.05, 0.1) is 0 Å². The number of pyridine rings is 1. The van der Waals surface area contributed by atoms with Crippen LogP contribution in [0.2, 0.25) is 0 Å². The molecular weight excluding hydrogens is 239 g/mol. The summed E-state index contributed by atoms with van der Waals surface area (Å²) >= 11 is 0. The molecule has 1 rings (SSSR count). The Balaban J connectivity index is 3.08. The zero-order valence-electron chi connectivity index (χ0n) is 8.53. The molecule has 94 valence electrons. The van der Waals surface area contributed by atoms with Gasteiger partial charge in [0.1, 0.15) is 5.82 Å². The first-order valence-electron chi connectivity index (χ1n) is 4.46. The van der Waals surface area contributed by atoms with E-state index in [0.717, 1.165) is 6.07 Å². The first kappa shape index (κ1) is 13.2. The van der Waals surface area contributed by atoms with E-state index in [-0.39, 0.29) is 11.4 Å². The average Bonchev–Trinajstić information content (AvgIpc) is 2.15. The van der Waals surface area contributed by atoms with Gasteiger partial charge in [0, 0.05) is 12.6 Å². The smallest absolute Gasteiger partial charge is 0.417 e. The summed E-state index contributed by atoms with van der Waals surface area (Å²) in [5, 5.41) is 8.61. The molecule has 0 bridgehead atoms. The summed E-state index contributed by atoms with van der Waals surface area (Å²) in [5.41, 5.74) is 6.92. The summed E-state index contributed by atoms with van der Waals surface area (Å²) in [6.07, 6.45) is -4.78. The first-order chi connectivity index (χ1) is 7.67. The fourth-order valence-corrected chi connectivity index (χ4v) is 1.22. The molecule has 8 heteroatoms. The number of alkyl halides is 3. The van der Waals surface area contributed by atoms with Gasteiger partial charge in [-0.15, -0.1) is 0 Å². The van der Waals surface area contributed by atoms with E-state index >= 15 is 0 Å². The summed E-state index contributed by atoms with van der Waals surface area (Å²) in [6, 6.07) is 2.38. The molecule has 0 aliphatic carbocycles. The molecule has 17 heavy (non-hydrogen) atoms. The second kappa shape index (κ2) is 4.21. The van der Waals surface area contributed by atoms with Crippen molar-refractivity contribution in [2.24, 2.45) is 5.73 Å². The number of hydrogen-bond donors (Lipinski definition) is 3. The number of carboxylic acid groups (broad SMARTS) is 1. The highest BCUT2D eigenvalue weighted by Gasteiger charge is 2.58. The molecule has 0 aromatic carbocycles. The molecule has 0 fully saturated rings. The third kappa shape index (κ3) is 2.64. The quantitative estimate of drug-likeness (QED) is 0.726. The third-order valence-corrected chi connectivity index (χ3v) is 2.22. The first-order valence-corrected chi connectivity index (χ1v) is 4.46. The number of nitrogen functional groups attached to an aromatic ring is 1. The zero-order chi connectivity index (χ0) is 13.3. The average molecular weight is 249 g/mol. The van der Waals surface area contributed by atoms with Crippen molar-refractivity contribution in [1.82, 2.24) is 4.98 Å². The number of halogens is 3. The molecule has 1 unspecified atom stereocenters. The number of nitrogens with zero attached hydrogens (tertiary/aromatic N) is 1. The van der Waals surface area contributed by atoms with Crippen LogP contribution < -0.4 is 11.5 Å². The molecule has 1 atom stereocenters. The van der Waals surface area contributed by atoms with E-state index in [1.165, 1.54) is 12.3 Å². The molecule has 0 spiro atoms. The van der Waals surface area contributed by atoms with Gasteiger partial charge in [-0.3, -0.25) is 0 Å². The Hall–Kier alpha value is -1.83. The molecular formula is C9H10F3N3O2. The highest BCUT2D eigenvalue weighted by Crippen LogP contribution is 2.31. The lowest BCUT2D eigenvalue weighted by Crippen LogP contribution is -2.61. The van der Waals surface area contributed by atoms with Gasteiger partial charge in [0.25, 0.3) is 0 Å². The van der Waals surface area contributed by atoms with E-state index in [4.69, 9.17) is 16.6 Å². The van der Waals surface area contributed by atoms with Crippen LogP contribution in [0.25, 0.3) is 0 Å². The third-order valence-electron chi connectivity index (χ3n) is 2.22. The van der Waals surface area contributed by atoms with Gasteiger partial charge >= 0.3 is 12.1 Å². The number of aromatic nitrogens is 1. The van der Waals surface area contributed by atoms with Crippen LogP contribution in [0.5, 0.6) is 0 Å². The van der Waals surface area contributed by atoms with E-state index in [9.17, 15) is 18.0 Å². The Kier molecular flexibility index (Phi) is 3.28. The second-order valence-electron chi connectivity index (χ2n) is 3.54. The lowest BCUT2D eigenvalue weighted by atomic mass is 9.91. The van der Waals surface area contributed by atoms with Crippen LogP contribution in [0, 0.1) is 0 Å². The molecule has 0 saturated carbocycles. The molecule has 0 aliphatic heterocycles. The van der Waals surface area contributed by atoms with E-state index in [0.29, 0.717) is 0 Å². The lowest BCUT2D eigenvalue weighted by molar-refractivity contribution is -0.201. The van der Waals surface area contributed by atoms with Gasteiger partial charge in [-0.1, -0.05) is 0 Å². The van der Waals surface area contributed by atoms with Crippen molar-refractivity contribution in [3.63, 3.8) is 0 Å². The maximum Gasteiger partial charge on any atom is 0.417 e. The van der Waals surface area contributed by atoms with Gasteiger partial charge in [-0.05, 0) is 17.7 Å². The predicted octanol–water partition coefficient (Wildman–Crippen LogP) is 0.551. The fraction of sp³-hybridized carbons (Fsp3) is 0.333. The number of nitrogens with two attached hydrogens (primary N) is 2. The van der Waals surface area contributed by atoms with Crippen LogP contribution in [-0.4, -0.2) is 27.8 Å². The van der Waals surface area contributed by atoms with Crippen molar-refractivity contribution in [3.05, 3.63) is 23.9 Å². The van der Waals surface area contributed by atoms with E-state index in [2.05, 4.69) is 4.98 Å². The highest BCUT2D eigenvalue weighted by atomic mass is 19.4. The minimum atomic E-state index is -5.06. The Bertz CT molecular complexity index is 436. The van der Waals surface area contributed by atoms with Gasteiger partial charge in [0.15, 0.2) is 0 Å². The van der Waals surface area contributed by atoms with Crippen molar-refractivity contribution in [1.29, 1.82) is 0 Å². The normalized spacial score (nSPS) is 15.3. The number of carboxylic acids is 1. The van der Waals surface area contributed by atoms with E-state index in [1.54, 1.807) is 0 Å². The van der Waals surface area contributed by atoms with Gasteiger partial charge in [0.2, 0.25) is 5.54 Å². The van der Waals surface area contributed by atoms with Crippen molar-refractivity contribution >= 4 is 11.8 Å². The number of carbonyl (C=O) groups is 1. The maximum atomic E-state index is 12.6. The summed E-state index contributed by atoms with van der Waals surface area (Å²) in [7, 11) is 0. The van der Waals surface area contributed by atoms with Gasteiger partial charge in [-0.2, -0.15) is 13.2 Å².